The number of imidazole rings is 1. The van der Waals surface area contributed by atoms with Crippen LogP contribution in [0.25, 0.3) is 11.1 Å². The third kappa shape index (κ3) is 5.16. The Hall–Kier alpha value is -3.41. The van der Waals surface area contributed by atoms with Gasteiger partial charge in [0, 0.05) is 43.7 Å². The highest BCUT2D eigenvalue weighted by Gasteiger charge is 2.36. The number of hydrogen-bond donors (Lipinski definition) is 0. The van der Waals surface area contributed by atoms with Crippen LogP contribution in [0.3, 0.4) is 0 Å². The summed E-state index contributed by atoms with van der Waals surface area (Å²) in [5, 5.41) is 4.35. The van der Waals surface area contributed by atoms with E-state index >= 15 is 4.39 Å². The summed E-state index contributed by atoms with van der Waals surface area (Å²) in [6.45, 7) is 7.21. The molecular formula is C29H36FN5. The highest BCUT2D eigenvalue weighted by Crippen LogP contribution is 2.47. The molecule has 0 amide bonds. The van der Waals surface area contributed by atoms with Crippen molar-refractivity contribution in [1.82, 2.24) is 24.2 Å². The molecule has 0 saturated carbocycles. The minimum Gasteiger partial charge on any atom is -0.375 e. The average molecular weight is 474 g/mol. The molecule has 2 unspecified atom stereocenters. The van der Waals surface area contributed by atoms with Crippen LogP contribution < -0.4 is 0 Å². The molecular weight excluding hydrogens is 437 g/mol. The zero-order valence-corrected chi connectivity index (χ0v) is 21.4. The van der Waals surface area contributed by atoms with Crippen molar-refractivity contribution in [1.29, 1.82) is 0 Å². The number of allylic oxidation sites excluding steroid dienone is 11. The van der Waals surface area contributed by atoms with E-state index in [0.717, 1.165) is 48.2 Å². The van der Waals surface area contributed by atoms with Crippen LogP contribution in [0.2, 0.25) is 0 Å². The quantitative estimate of drug-likeness (QED) is 0.302. The van der Waals surface area contributed by atoms with Crippen LogP contribution >= 0.6 is 0 Å². The second-order valence-electron chi connectivity index (χ2n) is 9.42. The van der Waals surface area contributed by atoms with Gasteiger partial charge in [0.15, 0.2) is 0 Å². The fourth-order valence-electron chi connectivity index (χ4n) is 5.07. The minimum absolute atomic E-state index is 0.0303. The van der Waals surface area contributed by atoms with Gasteiger partial charge in [-0.2, -0.15) is 5.10 Å². The number of hydrogen-bond acceptors (Lipinski definition) is 3. The van der Waals surface area contributed by atoms with Crippen molar-refractivity contribution in [3.05, 3.63) is 95.8 Å². The third-order valence-corrected chi connectivity index (χ3v) is 7.02. The van der Waals surface area contributed by atoms with Crippen LogP contribution in [0.4, 0.5) is 4.39 Å². The number of likely N-dealkylation sites (N-methyl/N-ethyl adjacent to an activating group) is 1. The van der Waals surface area contributed by atoms with Gasteiger partial charge in [0.25, 0.3) is 0 Å². The highest BCUT2D eigenvalue weighted by atomic mass is 19.1. The fourth-order valence-corrected chi connectivity index (χ4v) is 5.07. The van der Waals surface area contributed by atoms with Crippen LogP contribution in [-0.4, -0.2) is 37.8 Å². The van der Waals surface area contributed by atoms with Crippen LogP contribution in [0.1, 0.15) is 57.3 Å². The summed E-state index contributed by atoms with van der Waals surface area (Å²) in [5.41, 5.74) is 6.48. The molecule has 4 rings (SSSR count). The molecule has 0 N–H and O–H groups in total. The average Bonchev–Trinajstić information content (AvgIpc) is 3.53. The first kappa shape index (κ1) is 24.7. The summed E-state index contributed by atoms with van der Waals surface area (Å²) in [5.74, 6) is 0.128. The number of halogens is 1. The van der Waals surface area contributed by atoms with Crippen molar-refractivity contribution < 1.29 is 4.39 Å². The summed E-state index contributed by atoms with van der Waals surface area (Å²) in [7, 11) is 4.08. The van der Waals surface area contributed by atoms with Crippen molar-refractivity contribution in [2.24, 2.45) is 13.0 Å². The lowest BCUT2D eigenvalue weighted by Crippen LogP contribution is -2.24. The molecule has 2 atom stereocenters. The molecule has 2 aromatic rings. The topological polar surface area (TPSA) is 38.9 Å². The molecule has 1 aliphatic heterocycles. The van der Waals surface area contributed by atoms with E-state index in [1.54, 1.807) is 6.08 Å². The lowest BCUT2D eigenvalue weighted by molar-refractivity contribution is 0.322. The lowest BCUT2D eigenvalue weighted by atomic mass is 9.89. The molecule has 0 spiro atoms. The van der Waals surface area contributed by atoms with E-state index in [1.165, 1.54) is 11.3 Å². The number of aryl methyl sites for hydroxylation is 1. The zero-order valence-electron chi connectivity index (χ0n) is 21.4. The minimum atomic E-state index is -0.121. The molecule has 184 valence electrons. The Labute approximate surface area is 208 Å². The van der Waals surface area contributed by atoms with Gasteiger partial charge in [-0.15, -0.1) is 0 Å². The summed E-state index contributed by atoms with van der Waals surface area (Å²) >= 11 is 0. The maximum atomic E-state index is 15.1. The Kier molecular flexibility index (Phi) is 7.69. The molecule has 35 heavy (non-hydrogen) atoms. The molecule has 0 fully saturated rings. The van der Waals surface area contributed by atoms with Gasteiger partial charge in [0.2, 0.25) is 0 Å². The number of rotatable bonds is 9. The molecule has 0 bridgehead atoms. The van der Waals surface area contributed by atoms with Crippen molar-refractivity contribution in [3.63, 3.8) is 0 Å². The van der Waals surface area contributed by atoms with Crippen molar-refractivity contribution in [3.8, 4) is 0 Å². The van der Waals surface area contributed by atoms with Crippen molar-refractivity contribution >= 4 is 11.1 Å². The second kappa shape index (κ2) is 10.9. The van der Waals surface area contributed by atoms with E-state index in [-0.39, 0.29) is 17.8 Å². The first-order valence-corrected chi connectivity index (χ1v) is 12.4. The number of fused-ring (bicyclic) bond motifs is 2. The molecule has 3 heterocycles. The number of nitrogens with zero attached hydrogens (tertiary/aromatic N) is 5. The van der Waals surface area contributed by atoms with Crippen LogP contribution in [-0.2, 0) is 7.05 Å². The SMILES string of the molecule is C/C=C\C/C(=C\C(=C/C)N(C)CCC(C)C1C2=C(CC=CC=C2F)c2cncn21)c1cnn(C)c1. The maximum Gasteiger partial charge on any atom is 0.128 e. The Morgan fingerprint density at radius 1 is 1.31 bits per heavy atom. The van der Waals surface area contributed by atoms with Crippen LogP contribution in [0.5, 0.6) is 0 Å². The third-order valence-electron chi connectivity index (χ3n) is 7.02. The standard InChI is InChI=1S/C29H36FN5/c1-6-8-11-22(23-17-32-34(5)19-23)16-24(7-2)33(4)15-14-21(3)29-28-25(12-9-10-13-26(28)30)27-18-31-20-35(27)29/h6-10,13,16-21,29H,11-12,14-15H2,1-5H3/b8-6-,22-16+,24-7+. The highest BCUT2D eigenvalue weighted by molar-refractivity contribution is 5.76. The summed E-state index contributed by atoms with van der Waals surface area (Å²) in [6, 6.07) is -0.0303. The van der Waals surface area contributed by atoms with E-state index in [0.29, 0.717) is 0 Å². The molecule has 0 saturated heterocycles. The van der Waals surface area contributed by atoms with Crippen LogP contribution in [0.15, 0.2) is 84.5 Å². The fraction of sp³-hybridized carbons (Fsp3) is 0.379. The molecule has 2 aromatic heterocycles. The van der Waals surface area contributed by atoms with E-state index in [9.17, 15) is 0 Å². The van der Waals surface area contributed by atoms with Crippen molar-refractivity contribution in [2.45, 2.75) is 46.1 Å². The molecule has 6 heteroatoms. The Balaban J connectivity index is 1.50. The summed E-state index contributed by atoms with van der Waals surface area (Å²) < 4.78 is 19.1. The predicted molar refractivity (Wildman–Crippen MR) is 142 cm³/mol. The van der Waals surface area contributed by atoms with Gasteiger partial charge in [-0.3, -0.25) is 4.68 Å². The monoisotopic (exact) mass is 473 g/mol. The Morgan fingerprint density at radius 2 is 2.14 bits per heavy atom. The molecule has 2 aliphatic rings. The Bertz CT molecular complexity index is 1230. The van der Waals surface area contributed by atoms with Gasteiger partial charge in [-0.1, -0.05) is 37.3 Å². The second-order valence-corrected chi connectivity index (χ2v) is 9.42. The lowest BCUT2D eigenvalue weighted by Gasteiger charge is -2.28. The van der Waals surface area contributed by atoms with Gasteiger partial charge in [0.05, 0.1) is 30.5 Å². The molecule has 5 nitrogen and oxygen atoms in total. The van der Waals surface area contributed by atoms with Gasteiger partial charge in [0.1, 0.15) is 5.83 Å². The predicted octanol–water partition coefficient (Wildman–Crippen LogP) is 6.65. The van der Waals surface area contributed by atoms with E-state index in [1.807, 2.05) is 49.5 Å². The largest absolute Gasteiger partial charge is 0.375 e. The maximum absolute atomic E-state index is 15.1. The first-order chi connectivity index (χ1) is 16.9. The summed E-state index contributed by atoms with van der Waals surface area (Å²) in [4.78, 5) is 6.66. The van der Waals surface area contributed by atoms with Gasteiger partial charge >= 0.3 is 0 Å². The zero-order chi connectivity index (χ0) is 24.9. The summed E-state index contributed by atoms with van der Waals surface area (Å²) in [6.07, 6.45) is 24.3. The number of aromatic nitrogens is 4. The molecule has 0 aromatic carbocycles. The van der Waals surface area contributed by atoms with E-state index < -0.39 is 0 Å². The molecule has 0 radical (unpaired) electrons. The van der Waals surface area contributed by atoms with Gasteiger partial charge in [-0.05, 0) is 62.3 Å². The van der Waals surface area contributed by atoms with Gasteiger partial charge < -0.3 is 9.47 Å². The van der Waals surface area contributed by atoms with Crippen molar-refractivity contribution in [2.75, 3.05) is 13.6 Å². The van der Waals surface area contributed by atoms with E-state index in [2.05, 4.69) is 70.9 Å². The Morgan fingerprint density at radius 3 is 2.86 bits per heavy atom. The smallest absolute Gasteiger partial charge is 0.128 e. The first-order valence-electron chi connectivity index (χ1n) is 12.4. The normalized spacial score (nSPS) is 19.1. The van der Waals surface area contributed by atoms with Crippen LogP contribution in [0, 0.1) is 5.92 Å². The molecule has 1 aliphatic carbocycles. The van der Waals surface area contributed by atoms with Gasteiger partial charge in [-0.25, -0.2) is 9.37 Å². The van der Waals surface area contributed by atoms with E-state index in [4.69, 9.17) is 0 Å².